The van der Waals surface area contributed by atoms with E-state index in [9.17, 15) is 0 Å². The molecule has 1 aliphatic rings. The molecule has 3 heteroatoms. The number of aryl methyl sites for hydroxylation is 1. The summed E-state index contributed by atoms with van der Waals surface area (Å²) in [4.78, 5) is 0. The Bertz CT molecular complexity index is 282. The topological polar surface area (TPSA) is 34.4 Å². The van der Waals surface area contributed by atoms with Crippen LogP contribution >= 0.6 is 0 Å². The number of aromatic nitrogens is 1. The SMILES string of the molecule is Cc1ccn([C@@H]2CC[C@@H](CO)O2)c1. The van der Waals surface area contributed by atoms with Crippen molar-refractivity contribution >= 4 is 0 Å². The summed E-state index contributed by atoms with van der Waals surface area (Å²) in [5.74, 6) is 0. The second-order valence-corrected chi connectivity index (χ2v) is 3.61. The second-order valence-electron chi connectivity index (χ2n) is 3.61. The van der Waals surface area contributed by atoms with Crippen LogP contribution in [-0.4, -0.2) is 22.4 Å². The minimum atomic E-state index is 0.0349. The second kappa shape index (κ2) is 3.52. The smallest absolute Gasteiger partial charge is 0.134 e. The van der Waals surface area contributed by atoms with E-state index in [0.29, 0.717) is 0 Å². The molecular weight excluding hydrogens is 166 g/mol. The highest BCUT2D eigenvalue weighted by Crippen LogP contribution is 2.28. The number of aliphatic hydroxyl groups excluding tert-OH is 1. The van der Waals surface area contributed by atoms with Crippen LogP contribution in [0.1, 0.15) is 24.6 Å². The molecule has 0 aromatic carbocycles. The van der Waals surface area contributed by atoms with Crippen molar-refractivity contribution in [3.8, 4) is 0 Å². The van der Waals surface area contributed by atoms with Gasteiger partial charge in [0.25, 0.3) is 0 Å². The van der Waals surface area contributed by atoms with Crippen molar-refractivity contribution in [3.05, 3.63) is 24.0 Å². The van der Waals surface area contributed by atoms with Crippen LogP contribution < -0.4 is 0 Å². The fourth-order valence-electron chi connectivity index (χ4n) is 1.74. The summed E-state index contributed by atoms with van der Waals surface area (Å²) in [7, 11) is 0. The zero-order valence-corrected chi connectivity index (χ0v) is 7.81. The van der Waals surface area contributed by atoms with Gasteiger partial charge in [0, 0.05) is 12.4 Å². The lowest BCUT2D eigenvalue weighted by molar-refractivity contribution is -0.0222. The molecule has 0 saturated carbocycles. The van der Waals surface area contributed by atoms with Crippen molar-refractivity contribution in [3.63, 3.8) is 0 Å². The first-order valence-corrected chi connectivity index (χ1v) is 4.70. The zero-order valence-electron chi connectivity index (χ0n) is 7.81. The van der Waals surface area contributed by atoms with Gasteiger partial charge in [0.15, 0.2) is 0 Å². The first kappa shape index (κ1) is 8.78. The normalized spacial score (nSPS) is 28.2. The molecule has 1 N–H and O–H groups in total. The minimum absolute atomic E-state index is 0.0349. The van der Waals surface area contributed by atoms with E-state index in [1.165, 1.54) is 5.56 Å². The van der Waals surface area contributed by atoms with Crippen molar-refractivity contribution in [2.45, 2.75) is 32.1 Å². The highest BCUT2D eigenvalue weighted by atomic mass is 16.5. The van der Waals surface area contributed by atoms with E-state index in [1.807, 2.05) is 6.20 Å². The lowest BCUT2D eigenvalue weighted by Gasteiger charge is -2.13. The van der Waals surface area contributed by atoms with E-state index < -0.39 is 0 Å². The Morgan fingerprint density at radius 1 is 1.62 bits per heavy atom. The predicted octanol–water partition coefficient (Wildman–Crippen LogP) is 1.47. The highest BCUT2D eigenvalue weighted by Gasteiger charge is 2.25. The summed E-state index contributed by atoms with van der Waals surface area (Å²) in [6.45, 7) is 2.20. The van der Waals surface area contributed by atoms with Gasteiger partial charge in [0.2, 0.25) is 0 Å². The fraction of sp³-hybridized carbons (Fsp3) is 0.600. The minimum Gasteiger partial charge on any atom is -0.394 e. The molecule has 0 aliphatic carbocycles. The third-order valence-corrected chi connectivity index (χ3v) is 2.48. The monoisotopic (exact) mass is 181 g/mol. The number of rotatable bonds is 2. The molecule has 1 fully saturated rings. The van der Waals surface area contributed by atoms with E-state index in [4.69, 9.17) is 9.84 Å². The summed E-state index contributed by atoms with van der Waals surface area (Å²) < 4.78 is 7.70. The van der Waals surface area contributed by atoms with E-state index >= 15 is 0 Å². The summed E-state index contributed by atoms with van der Waals surface area (Å²) >= 11 is 0. The molecule has 13 heavy (non-hydrogen) atoms. The standard InChI is InChI=1S/C10H15NO2/c1-8-4-5-11(6-8)10-3-2-9(7-12)13-10/h4-6,9-10,12H,2-3,7H2,1H3/t9-,10-/m0/s1. The highest BCUT2D eigenvalue weighted by molar-refractivity contribution is 5.07. The van der Waals surface area contributed by atoms with Crippen molar-refractivity contribution in [1.82, 2.24) is 4.57 Å². The molecule has 0 unspecified atom stereocenters. The van der Waals surface area contributed by atoms with Crippen LogP contribution in [0.2, 0.25) is 0 Å². The number of ether oxygens (including phenoxy) is 1. The molecule has 0 radical (unpaired) electrons. The van der Waals surface area contributed by atoms with E-state index in [2.05, 4.69) is 23.8 Å². The number of hydrogen-bond acceptors (Lipinski definition) is 2. The molecule has 2 rings (SSSR count). The first-order chi connectivity index (χ1) is 6.29. The van der Waals surface area contributed by atoms with Crippen molar-refractivity contribution < 1.29 is 9.84 Å². The van der Waals surface area contributed by atoms with Crippen LogP contribution in [0.5, 0.6) is 0 Å². The Labute approximate surface area is 77.9 Å². The van der Waals surface area contributed by atoms with Gasteiger partial charge in [-0.05, 0) is 31.4 Å². The average molecular weight is 181 g/mol. The van der Waals surface area contributed by atoms with Gasteiger partial charge in [0.05, 0.1) is 12.7 Å². The van der Waals surface area contributed by atoms with Crippen molar-refractivity contribution in [1.29, 1.82) is 0 Å². The molecule has 0 spiro atoms. The number of aliphatic hydroxyl groups is 1. The Balaban J connectivity index is 2.03. The van der Waals surface area contributed by atoms with Gasteiger partial charge >= 0.3 is 0 Å². The van der Waals surface area contributed by atoms with E-state index in [0.717, 1.165) is 12.8 Å². The van der Waals surface area contributed by atoms with Crippen LogP contribution in [0, 0.1) is 6.92 Å². The van der Waals surface area contributed by atoms with Crippen LogP contribution in [0.25, 0.3) is 0 Å². The molecule has 2 atom stereocenters. The lowest BCUT2D eigenvalue weighted by atomic mass is 10.2. The van der Waals surface area contributed by atoms with Gasteiger partial charge in [0.1, 0.15) is 6.23 Å². The van der Waals surface area contributed by atoms with Crippen LogP contribution in [0.4, 0.5) is 0 Å². The zero-order chi connectivity index (χ0) is 9.26. The van der Waals surface area contributed by atoms with E-state index in [1.54, 1.807) is 0 Å². The third kappa shape index (κ3) is 1.76. The van der Waals surface area contributed by atoms with E-state index in [-0.39, 0.29) is 18.9 Å². The Hall–Kier alpha value is -0.800. The van der Waals surface area contributed by atoms with Crippen LogP contribution in [0.15, 0.2) is 18.5 Å². The van der Waals surface area contributed by atoms with Gasteiger partial charge < -0.3 is 14.4 Å². The van der Waals surface area contributed by atoms with Gasteiger partial charge in [-0.25, -0.2) is 0 Å². The molecule has 1 saturated heterocycles. The summed E-state index contributed by atoms with van der Waals surface area (Å²) in [5.41, 5.74) is 1.25. The van der Waals surface area contributed by atoms with Crippen LogP contribution in [-0.2, 0) is 4.74 Å². The molecule has 0 bridgehead atoms. The maximum Gasteiger partial charge on any atom is 0.134 e. The number of nitrogens with zero attached hydrogens (tertiary/aromatic N) is 1. The van der Waals surface area contributed by atoms with Gasteiger partial charge in [-0.2, -0.15) is 0 Å². The average Bonchev–Trinajstić information content (AvgIpc) is 2.71. The predicted molar refractivity (Wildman–Crippen MR) is 49.4 cm³/mol. The van der Waals surface area contributed by atoms with Gasteiger partial charge in [-0.1, -0.05) is 0 Å². The van der Waals surface area contributed by atoms with Crippen molar-refractivity contribution in [2.24, 2.45) is 0 Å². The molecule has 1 aliphatic heterocycles. The largest absolute Gasteiger partial charge is 0.394 e. The van der Waals surface area contributed by atoms with Gasteiger partial charge in [-0.15, -0.1) is 0 Å². The maximum absolute atomic E-state index is 8.90. The van der Waals surface area contributed by atoms with Gasteiger partial charge in [-0.3, -0.25) is 0 Å². The maximum atomic E-state index is 8.90. The number of hydrogen-bond donors (Lipinski definition) is 1. The molecule has 3 nitrogen and oxygen atoms in total. The lowest BCUT2D eigenvalue weighted by Crippen LogP contribution is -2.13. The summed E-state index contributed by atoms with van der Waals surface area (Å²) in [6, 6.07) is 2.07. The fourth-order valence-corrected chi connectivity index (χ4v) is 1.74. The quantitative estimate of drug-likeness (QED) is 0.749. The summed E-state index contributed by atoms with van der Waals surface area (Å²) in [6.07, 6.45) is 6.22. The molecule has 0 amide bonds. The third-order valence-electron chi connectivity index (χ3n) is 2.48. The molecule has 1 aromatic rings. The summed E-state index contributed by atoms with van der Waals surface area (Å²) in [5, 5.41) is 8.90. The molecular formula is C10H15NO2. The Kier molecular flexibility index (Phi) is 2.38. The molecule has 1 aromatic heterocycles. The first-order valence-electron chi connectivity index (χ1n) is 4.70. The molecule has 72 valence electrons. The molecule has 2 heterocycles. The Morgan fingerprint density at radius 2 is 2.46 bits per heavy atom. The Morgan fingerprint density at radius 3 is 3.00 bits per heavy atom. The van der Waals surface area contributed by atoms with Crippen LogP contribution in [0.3, 0.4) is 0 Å². The van der Waals surface area contributed by atoms with Crippen molar-refractivity contribution in [2.75, 3.05) is 6.61 Å².